The molecule has 3 N–H and O–H groups in total. The summed E-state index contributed by atoms with van der Waals surface area (Å²) in [6.45, 7) is 10.9. The third-order valence-electron chi connectivity index (χ3n) is 4.51. The molecule has 152 valence electrons. The minimum Gasteiger partial charge on any atom is -0.494 e. The molecule has 1 heterocycles. The van der Waals surface area contributed by atoms with E-state index in [1.807, 2.05) is 45.0 Å². The zero-order chi connectivity index (χ0) is 18.6. The van der Waals surface area contributed by atoms with Gasteiger partial charge in [0.05, 0.1) is 17.8 Å². The van der Waals surface area contributed by atoms with Crippen molar-refractivity contribution >= 4 is 42.1 Å². The second-order valence-electron chi connectivity index (χ2n) is 6.62. The Morgan fingerprint density at radius 3 is 2.37 bits per heavy atom. The first-order valence-electron chi connectivity index (χ1n) is 8.54. The molecular formula is C19H29Cl2N3O2S. The molecule has 0 aliphatic rings. The summed E-state index contributed by atoms with van der Waals surface area (Å²) in [5.41, 5.74) is 7.14. The predicted molar refractivity (Wildman–Crippen MR) is 118 cm³/mol. The smallest absolute Gasteiger partial charge is 0.263 e. The van der Waals surface area contributed by atoms with Gasteiger partial charge in [-0.15, -0.1) is 36.2 Å². The lowest BCUT2D eigenvalue weighted by Crippen LogP contribution is -2.54. The van der Waals surface area contributed by atoms with Gasteiger partial charge in [-0.3, -0.25) is 4.79 Å². The molecule has 1 unspecified atom stereocenters. The van der Waals surface area contributed by atoms with Gasteiger partial charge in [-0.05, 0) is 51.0 Å². The van der Waals surface area contributed by atoms with Crippen molar-refractivity contribution in [2.24, 2.45) is 11.7 Å². The monoisotopic (exact) mass is 433 g/mol. The number of aromatic nitrogens is 1. The minimum absolute atomic E-state index is 0. The molecule has 5 nitrogen and oxygen atoms in total. The average Bonchev–Trinajstić information content (AvgIpc) is 2.97. The summed E-state index contributed by atoms with van der Waals surface area (Å²) in [5, 5.41) is 3.90. The molecule has 2 rings (SSSR count). The fourth-order valence-electron chi connectivity index (χ4n) is 2.34. The van der Waals surface area contributed by atoms with Gasteiger partial charge in [0.25, 0.3) is 5.91 Å². The number of aryl methyl sites for hydroxylation is 1. The Morgan fingerprint density at radius 2 is 1.89 bits per heavy atom. The van der Waals surface area contributed by atoms with Gasteiger partial charge in [0.2, 0.25) is 0 Å². The van der Waals surface area contributed by atoms with Gasteiger partial charge >= 0.3 is 0 Å². The summed E-state index contributed by atoms with van der Waals surface area (Å²) in [5.74, 6) is 0.947. The number of ether oxygens (including phenoxy) is 1. The van der Waals surface area contributed by atoms with E-state index >= 15 is 0 Å². The summed E-state index contributed by atoms with van der Waals surface area (Å²) in [6, 6.07) is 7.76. The molecule has 27 heavy (non-hydrogen) atoms. The minimum atomic E-state index is -0.438. The third kappa shape index (κ3) is 6.07. The quantitative estimate of drug-likeness (QED) is 0.675. The van der Waals surface area contributed by atoms with Gasteiger partial charge < -0.3 is 15.8 Å². The zero-order valence-corrected chi connectivity index (χ0v) is 18.8. The fraction of sp³-hybridized carbons (Fsp3) is 0.474. The molecule has 1 aromatic heterocycles. The third-order valence-corrected chi connectivity index (χ3v) is 5.72. The second-order valence-corrected chi connectivity index (χ2v) is 7.62. The summed E-state index contributed by atoms with van der Waals surface area (Å²) in [4.78, 5) is 17.9. The number of carbonyl (C=O) groups is 1. The molecule has 1 aromatic carbocycles. The van der Waals surface area contributed by atoms with Crippen LogP contribution in [0.3, 0.4) is 0 Å². The van der Waals surface area contributed by atoms with E-state index in [2.05, 4.69) is 24.1 Å². The van der Waals surface area contributed by atoms with Crippen molar-refractivity contribution < 1.29 is 9.53 Å². The van der Waals surface area contributed by atoms with E-state index in [1.165, 1.54) is 11.3 Å². The lowest BCUT2D eigenvalue weighted by molar-refractivity contribution is 0.0886. The van der Waals surface area contributed by atoms with Crippen LogP contribution in [0.25, 0.3) is 10.6 Å². The maximum atomic E-state index is 12.7. The first kappa shape index (κ1) is 25.7. The van der Waals surface area contributed by atoms with Crippen molar-refractivity contribution in [3.05, 3.63) is 34.8 Å². The van der Waals surface area contributed by atoms with E-state index in [1.54, 1.807) is 0 Å². The highest BCUT2D eigenvalue weighted by Crippen LogP contribution is 2.30. The van der Waals surface area contributed by atoms with Gasteiger partial charge in [-0.25, -0.2) is 4.98 Å². The number of halogens is 2. The van der Waals surface area contributed by atoms with Crippen molar-refractivity contribution in [3.63, 3.8) is 0 Å². The molecule has 0 fully saturated rings. The van der Waals surface area contributed by atoms with Crippen molar-refractivity contribution in [2.45, 2.75) is 40.2 Å². The molecule has 1 amide bonds. The van der Waals surface area contributed by atoms with E-state index in [0.29, 0.717) is 18.0 Å². The van der Waals surface area contributed by atoms with E-state index in [0.717, 1.165) is 22.0 Å². The highest BCUT2D eigenvalue weighted by Gasteiger charge is 2.30. The summed E-state index contributed by atoms with van der Waals surface area (Å²) in [7, 11) is 0. The summed E-state index contributed by atoms with van der Waals surface area (Å²) >= 11 is 1.40. The standard InChI is InChI=1S/C19H27N3O2S.2ClH/c1-6-24-15-9-7-14(8-10-15)18-21-13(4)16(25-18)17(23)22-19(5,11-20)12(2)3;;/h7-10,12H,6,11,20H2,1-5H3,(H,22,23);2*1H. The van der Waals surface area contributed by atoms with E-state index in [9.17, 15) is 4.79 Å². The van der Waals surface area contributed by atoms with Gasteiger partial charge in [0.1, 0.15) is 15.6 Å². The summed E-state index contributed by atoms with van der Waals surface area (Å²) < 4.78 is 5.46. The highest BCUT2D eigenvalue weighted by atomic mass is 35.5. The number of thiazole rings is 1. The maximum absolute atomic E-state index is 12.7. The Labute approximate surface area is 177 Å². The van der Waals surface area contributed by atoms with Crippen LogP contribution in [0.15, 0.2) is 24.3 Å². The lowest BCUT2D eigenvalue weighted by atomic mass is 9.88. The number of benzene rings is 1. The number of hydrogen-bond acceptors (Lipinski definition) is 5. The number of amides is 1. The highest BCUT2D eigenvalue weighted by molar-refractivity contribution is 7.17. The number of nitrogens with one attached hydrogen (secondary N) is 1. The number of nitrogens with two attached hydrogens (primary N) is 1. The van der Waals surface area contributed by atoms with Gasteiger partial charge in [-0.1, -0.05) is 13.8 Å². The van der Waals surface area contributed by atoms with Crippen molar-refractivity contribution in [3.8, 4) is 16.3 Å². The topological polar surface area (TPSA) is 77.2 Å². The predicted octanol–water partition coefficient (Wildman–Crippen LogP) is 4.46. The zero-order valence-electron chi connectivity index (χ0n) is 16.4. The Bertz CT molecular complexity index is 735. The van der Waals surface area contributed by atoms with Crippen LogP contribution in [0.5, 0.6) is 5.75 Å². The summed E-state index contributed by atoms with van der Waals surface area (Å²) in [6.07, 6.45) is 0. The Morgan fingerprint density at radius 1 is 1.30 bits per heavy atom. The number of hydrogen-bond donors (Lipinski definition) is 2. The molecule has 0 spiro atoms. The molecule has 0 aliphatic carbocycles. The molecule has 0 radical (unpaired) electrons. The maximum Gasteiger partial charge on any atom is 0.263 e. The molecule has 0 bridgehead atoms. The number of rotatable bonds is 7. The van der Waals surface area contributed by atoms with Crippen molar-refractivity contribution in [2.75, 3.05) is 13.2 Å². The number of nitrogens with zero attached hydrogens (tertiary/aromatic N) is 1. The first-order chi connectivity index (χ1) is 11.8. The van der Waals surface area contributed by atoms with Crippen LogP contribution in [0.2, 0.25) is 0 Å². The van der Waals surface area contributed by atoms with Gasteiger partial charge in [-0.2, -0.15) is 0 Å². The van der Waals surface area contributed by atoms with Crippen LogP contribution in [-0.4, -0.2) is 29.6 Å². The lowest BCUT2D eigenvalue weighted by Gasteiger charge is -2.33. The molecule has 0 saturated carbocycles. The van der Waals surface area contributed by atoms with E-state index in [4.69, 9.17) is 10.5 Å². The van der Waals surface area contributed by atoms with Crippen LogP contribution in [-0.2, 0) is 0 Å². The Hall–Kier alpha value is -1.34. The van der Waals surface area contributed by atoms with Crippen LogP contribution < -0.4 is 15.8 Å². The Kier molecular flexibility index (Phi) is 10.3. The first-order valence-corrected chi connectivity index (χ1v) is 9.35. The van der Waals surface area contributed by atoms with Crippen LogP contribution >= 0.6 is 36.2 Å². The van der Waals surface area contributed by atoms with Gasteiger partial charge in [0.15, 0.2) is 0 Å². The molecular weight excluding hydrogens is 405 g/mol. The van der Waals surface area contributed by atoms with Crippen LogP contribution in [0.4, 0.5) is 0 Å². The van der Waals surface area contributed by atoms with Crippen LogP contribution in [0, 0.1) is 12.8 Å². The average molecular weight is 434 g/mol. The molecule has 0 saturated heterocycles. The SMILES string of the molecule is CCOc1ccc(-c2nc(C)c(C(=O)NC(C)(CN)C(C)C)s2)cc1.Cl.Cl. The second kappa shape index (κ2) is 10.9. The van der Waals surface area contributed by atoms with Crippen molar-refractivity contribution in [1.29, 1.82) is 0 Å². The fourth-order valence-corrected chi connectivity index (χ4v) is 3.31. The van der Waals surface area contributed by atoms with E-state index < -0.39 is 5.54 Å². The van der Waals surface area contributed by atoms with Gasteiger partial charge in [0, 0.05) is 12.1 Å². The number of carbonyl (C=O) groups excluding carboxylic acids is 1. The molecule has 8 heteroatoms. The Balaban J connectivity index is 0.00000338. The van der Waals surface area contributed by atoms with Crippen LogP contribution in [0.1, 0.15) is 43.1 Å². The van der Waals surface area contributed by atoms with Crippen molar-refractivity contribution in [1.82, 2.24) is 10.3 Å². The molecule has 1 atom stereocenters. The molecule has 0 aliphatic heterocycles. The van der Waals surface area contributed by atoms with E-state index in [-0.39, 0.29) is 36.6 Å². The largest absolute Gasteiger partial charge is 0.494 e. The normalized spacial score (nSPS) is 12.6. The molecule has 2 aromatic rings.